The molecule has 3 rings (SSSR count). The first-order valence-corrected chi connectivity index (χ1v) is 10.5. The predicted octanol–water partition coefficient (Wildman–Crippen LogP) is 5.31. The maximum absolute atomic E-state index is 13.4. The fourth-order valence-corrected chi connectivity index (χ4v) is 4.58. The number of ether oxygens (including phenoxy) is 1. The lowest BCUT2D eigenvalue weighted by atomic mass is 9.86. The highest BCUT2D eigenvalue weighted by atomic mass is 19.4. The van der Waals surface area contributed by atoms with Crippen LogP contribution < -0.4 is 10.6 Å². The molecule has 35 heavy (non-hydrogen) atoms. The van der Waals surface area contributed by atoms with Crippen LogP contribution in [0.25, 0.3) is 11.3 Å². The summed E-state index contributed by atoms with van der Waals surface area (Å²) in [5.74, 6) is -0.588. The maximum atomic E-state index is 13.4. The molecule has 8 nitrogen and oxygen atoms in total. The van der Waals surface area contributed by atoms with E-state index in [4.69, 9.17) is 10.5 Å². The van der Waals surface area contributed by atoms with Crippen molar-refractivity contribution in [1.29, 1.82) is 0 Å². The summed E-state index contributed by atoms with van der Waals surface area (Å²) in [5.41, 5.74) is 0.108. The van der Waals surface area contributed by atoms with Crippen molar-refractivity contribution < 1.29 is 36.0 Å². The van der Waals surface area contributed by atoms with E-state index in [1.54, 1.807) is 19.1 Å². The number of hydrogen-bond donors (Lipinski definition) is 1. The van der Waals surface area contributed by atoms with E-state index in [9.17, 15) is 36.5 Å². The van der Waals surface area contributed by atoms with Crippen molar-refractivity contribution in [2.45, 2.75) is 38.0 Å². The number of halogens is 6. The summed E-state index contributed by atoms with van der Waals surface area (Å²) in [6.45, 7) is 0.722. The molecule has 2 heterocycles. The minimum Gasteiger partial charge on any atom is -0.384 e. The SMILES string of the molecule is COCC1(CN(C)c2cc(-c3cnc(C(F)(F)F)c(C(F)(F)F)c3)nc(N)c2[N+](=O)[O-])CCCC1. The molecule has 0 atom stereocenters. The third-order valence-corrected chi connectivity index (χ3v) is 6.04. The van der Waals surface area contributed by atoms with E-state index < -0.39 is 45.6 Å². The number of nitro groups is 1. The monoisotopic (exact) mass is 507 g/mol. The summed E-state index contributed by atoms with van der Waals surface area (Å²) in [6.07, 6.45) is -6.60. The third-order valence-electron chi connectivity index (χ3n) is 6.04. The van der Waals surface area contributed by atoms with Gasteiger partial charge in [0.1, 0.15) is 5.69 Å². The van der Waals surface area contributed by atoms with Crippen LogP contribution in [0.2, 0.25) is 0 Å². The van der Waals surface area contributed by atoms with Crippen LogP contribution in [0, 0.1) is 15.5 Å². The maximum Gasteiger partial charge on any atom is 0.433 e. The summed E-state index contributed by atoms with van der Waals surface area (Å²) >= 11 is 0. The van der Waals surface area contributed by atoms with Crippen LogP contribution in [-0.4, -0.2) is 42.2 Å². The van der Waals surface area contributed by atoms with Gasteiger partial charge >= 0.3 is 18.0 Å². The molecule has 1 fully saturated rings. The molecule has 14 heteroatoms. The summed E-state index contributed by atoms with van der Waals surface area (Å²) < 4.78 is 84.8. The van der Waals surface area contributed by atoms with E-state index in [-0.39, 0.29) is 22.9 Å². The lowest BCUT2D eigenvalue weighted by molar-refractivity contribution is -0.383. The number of anilines is 2. The molecule has 0 aromatic carbocycles. The quantitative estimate of drug-likeness (QED) is 0.307. The van der Waals surface area contributed by atoms with Gasteiger partial charge in [-0.05, 0) is 25.0 Å². The first-order valence-electron chi connectivity index (χ1n) is 10.5. The first-order chi connectivity index (χ1) is 16.2. The second-order valence-electron chi connectivity index (χ2n) is 8.63. The van der Waals surface area contributed by atoms with E-state index in [2.05, 4.69) is 9.97 Å². The van der Waals surface area contributed by atoms with E-state index >= 15 is 0 Å². The van der Waals surface area contributed by atoms with Crippen molar-refractivity contribution in [3.8, 4) is 11.3 Å². The van der Waals surface area contributed by atoms with Crippen molar-refractivity contribution in [3.63, 3.8) is 0 Å². The van der Waals surface area contributed by atoms with Crippen molar-refractivity contribution in [1.82, 2.24) is 9.97 Å². The molecule has 2 aromatic rings. The second-order valence-corrected chi connectivity index (χ2v) is 8.63. The molecule has 2 N–H and O–H groups in total. The Morgan fingerprint density at radius 3 is 2.31 bits per heavy atom. The highest BCUT2D eigenvalue weighted by Crippen LogP contribution is 2.44. The Kier molecular flexibility index (Phi) is 7.16. The van der Waals surface area contributed by atoms with Gasteiger partial charge in [0.2, 0.25) is 5.82 Å². The lowest BCUT2D eigenvalue weighted by Gasteiger charge is -2.34. The smallest absolute Gasteiger partial charge is 0.384 e. The van der Waals surface area contributed by atoms with Gasteiger partial charge in [-0.2, -0.15) is 26.3 Å². The number of hydrogen-bond acceptors (Lipinski definition) is 7. The topological polar surface area (TPSA) is 107 Å². The molecule has 1 saturated carbocycles. The minimum absolute atomic E-state index is 0.0339. The van der Waals surface area contributed by atoms with Crippen LogP contribution in [-0.2, 0) is 17.1 Å². The van der Waals surface area contributed by atoms with Gasteiger partial charge in [-0.3, -0.25) is 15.1 Å². The highest BCUT2D eigenvalue weighted by Gasteiger charge is 2.45. The summed E-state index contributed by atoms with van der Waals surface area (Å²) in [6, 6.07) is 1.39. The molecule has 2 aromatic heterocycles. The molecule has 0 unspecified atom stereocenters. The zero-order valence-electron chi connectivity index (χ0n) is 18.8. The molecule has 0 amide bonds. The van der Waals surface area contributed by atoms with E-state index in [0.717, 1.165) is 31.7 Å². The van der Waals surface area contributed by atoms with Crippen molar-refractivity contribution in [3.05, 3.63) is 39.7 Å². The number of rotatable bonds is 7. The molecule has 0 aliphatic heterocycles. The molecular weight excluding hydrogens is 484 g/mol. The molecule has 0 bridgehead atoms. The molecule has 0 spiro atoms. The van der Waals surface area contributed by atoms with Gasteiger partial charge in [-0.1, -0.05) is 12.8 Å². The van der Waals surface area contributed by atoms with E-state index in [1.165, 1.54) is 0 Å². The van der Waals surface area contributed by atoms with Crippen molar-refractivity contribution in [2.75, 3.05) is 37.9 Å². The molecule has 0 saturated heterocycles. The summed E-state index contributed by atoms with van der Waals surface area (Å²) in [4.78, 5) is 19.3. The van der Waals surface area contributed by atoms with E-state index in [0.29, 0.717) is 19.3 Å². The predicted molar refractivity (Wildman–Crippen MR) is 115 cm³/mol. The normalized spacial score (nSPS) is 15.9. The lowest BCUT2D eigenvalue weighted by Crippen LogP contribution is -2.37. The number of nitrogen functional groups attached to an aromatic ring is 1. The van der Waals surface area contributed by atoms with Gasteiger partial charge in [0, 0.05) is 37.9 Å². The molecule has 1 aliphatic rings. The molecule has 0 radical (unpaired) electrons. The fourth-order valence-electron chi connectivity index (χ4n) is 4.58. The number of methoxy groups -OCH3 is 1. The average molecular weight is 507 g/mol. The van der Waals surface area contributed by atoms with E-state index in [1.807, 2.05) is 0 Å². The minimum atomic E-state index is -5.35. The van der Waals surface area contributed by atoms with Gasteiger partial charge < -0.3 is 15.4 Å². The molecule has 1 aliphatic carbocycles. The largest absolute Gasteiger partial charge is 0.433 e. The van der Waals surface area contributed by atoms with Crippen LogP contribution in [0.15, 0.2) is 18.3 Å². The van der Waals surface area contributed by atoms with Crippen LogP contribution in [0.4, 0.5) is 43.5 Å². The third kappa shape index (κ3) is 5.57. The Morgan fingerprint density at radius 2 is 1.80 bits per heavy atom. The van der Waals surface area contributed by atoms with Gasteiger partial charge in [0.25, 0.3) is 0 Å². The Balaban J connectivity index is 2.13. The first kappa shape index (κ1) is 26.4. The zero-order chi connectivity index (χ0) is 26.2. The van der Waals surface area contributed by atoms with Gasteiger partial charge in [0.05, 0.1) is 22.8 Å². The Morgan fingerprint density at radius 1 is 1.17 bits per heavy atom. The van der Waals surface area contributed by atoms with Crippen LogP contribution >= 0.6 is 0 Å². The van der Waals surface area contributed by atoms with Crippen molar-refractivity contribution >= 4 is 17.2 Å². The van der Waals surface area contributed by atoms with Crippen LogP contribution in [0.1, 0.15) is 36.9 Å². The van der Waals surface area contributed by atoms with Gasteiger partial charge in [0.15, 0.2) is 5.69 Å². The fraction of sp³-hybridized carbons (Fsp3) is 0.524. The highest BCUT2D eigenvalue weighted by molar-refractivity contribution is 5.78. The number of nitrogens with two attached hydrogens (primary N) is 1. The summed E-state index contributed by atoms with van der Waals surface area (Å²) in [7, 11) is 3.11. The number of pyridine rings is 2. The zero-order valence-corrected chi connectivity index (χ0v) is 18.8. The summed E-state index contributed by atoms with van der Waals surface area (Å²) in [5, 5.41) is 11.7. The standard InChI is InChI=1S/C21H23F6N5O3/c1-31(10-19(11-35-2)5-3-4-6-19)15-8-14(30-18(28)16(15)32(33)34)12-7-13(20(22,23)24)17(29-9-12)21(25,26)27/h7-9H,3-6,10-11H2,1-2H3,(H2,28,30). The number of alkyl halides is 6. The van der Waals surface area contributed by atoms with Crippen LogP contribution in [0.3, 0.4) is 0 Å². The number of aromatic nitrogens is 2. The molecular formula is C21H23F6N5O3. The van der Waals surface area contributed by atoms with Gasteiger partial charge in [-0.25, -0.2) is 4.98 Å². The number of nitrogens with zero attached hydrogens (tertiary/aromatic N) is 4. The second kappa shape index (κ2) is 9.47. The van der Waals surface area contributed by atoms with Crippen molar-refractivity contribution in [2.24, 2.45) is 5.41 Å². The Bertz CT molecular complexity index is 1100. The van der Waals surface area contributed by atoms with Gasteiger partial charge in [-0.15, -0.1) is 0 Å². The van der Waals surface area contributed by atoms with Crippen LogP contribution in [0.5, 0.6) is 0 Å². The Labute approximate surface area is 196 Å². The molecule has 192 valence electrons. The average Bonchev–Trinajstić information content (AvgIpc) is 3.19. The Hall–Kier alpha value is -3.16.